The third kappa shape index (κ3) is 4.26. The van der Waals surface area contributed by atoms with Gasteiger partial charge in [0, 0.05) is 13.2 Å². The van der Waals surface area contributed by atoms with Gasteiger partial charge in [-0.25, -0.2) is 0 Å². The molecule has 17 heavy (non-hydrogen) atoms. The van der Waals surface area contributed by atoms with Gasteiger partial charge in [0.1, 0.15) is 0 Å². The molecule has 0 bridgehead atoms. The van der Waals surface area contributed by atoms with Crippen molar-refractivity contribution in [1.82, 2.24) is 0 Å². The van der Waals surface area contributed by atoms with Crippen LogP contribution in [0.4, 0.5) is 0 Å². The van der Waals surface area contributed by atoms with Crippen molar-refractivity contribution in [3.05, 3.63) is 0 Å². The SMILES string of the molecule is NCC1CCCC1CCCCC1CCOCC1. The predicted molar refractivity (Wildman–Crippen MR) is 71.9 cm³/mol. The van der Waals surface area contributed by atoms with Gasteiger partial charge in [-0.2, -0.15) is 0 Å². The van der Waals surface area contributed by atoms with E-state index < -0.39 is 0 Å². The van der Waals surface area contributed by atoms with Gasteiger partial charge < -0.3 is 10.5 Å². The molecule has 1 saturated heterocycles. The molecule has 0 amide bonds. The van der Waals surface area contributed by atoms with Gasteiger partial charge in [-0.05, 0) is 43.6 Å². The summed E-state index contributed by atoms with van der Waals surface area (Å²) in [5.74, 6) is 2.76. The zero-order valence-electron chi connectivity index (χ0n) is 11.2. The van der Waals surface area contributed by atoms with E-state index in [0.29, 0.717) is 0 Å². The highest BCUT2D eigenvalue weighted by Gasteiger charge is 2.25. The van der Waals surface area contributed by atoms with Crippen LogP contribution in [-0.4, -0.2) is 19.8 Å². The Kier molecular flexibility index (Phi) is 5.79. The van der Waals surface area contributed by atoms with E-state index in [0.717, 1.165) is 37.5 Å². The number of ether oxygens (including phenoxy) is 1. The monoisotopic (exact) mass is 239 g/mol. The van der Waals surface area contributed by atoms with Crippen molar-refractivity contribution in [2.75, 3.05) is 19.8 Å². The number of hydrogen-bond donors (Lipinski definition) is 1. The molecule has 2 aliphatic rings. The summed E-state index contributed by atoms with van der Waals surface area (Å²) in [5.41, 5.74) is 5.83. The van der Waals surface area contributed by atoms with Crippen LogP contribution < -0.4 is 5.73 Å². The van der Waals surface area contributed by atoms with Crippen LogP contribution >= 0.6 is 0 Å². The lowest BCUT2D eigenvalue weighted by Crippen LogP contribution is -2.18. The Hall–Kier alpha value is -0.0800. The molecule has 1 heterocycles. The minimum Gasteiger partial charge on any atom is -0.381 e. The highest BCUT2D eigenvalue weighted by molar-refractivity contribution is 4.78. The van der Waals surface area contributed by atoms with Gasteiger partial charge in [-0.3, -0.25) is 0 Å². The van der Waals surface area contributed by atoms with E-state index in [1.165, 1.54) is 57.8 Å². The fourth-order valence-corrected chi connectivity index (χ4v) is 3.68. The average molecular weight is 239 g/mol. The Morgan fingerprint density at radius 3 is 2.35 bits per heavy atom. The largest absolute Gasteiger partial charge is 0.381 e. The van der Waals surface area contributed by atoms with Crippen LogP contribution in [-0.2, 0) is 4.74 Å². The Bertz CT molecular complexity index is 201. The normalized spacial score (nSPS) is 30.9. The summed E-state index contributed by atoms with van der Waals surface area (Å²) in [7, 11) is 0. The highest BCUT2D eigenvalue weighted by atomic mass is 16.5. The quantitative estimate of drug-likeness (QED) is 0.721. The highest BCUT2D eigenvalue weighted by Crippen LogP contribution is 2.35. The molecule has 2 rings (SSSR count). The standard InChI is InChI=1S/C15H29NO/c16-12-15-7-3-6-14(15)5-2-1-4-13-8-10-17-11-9-13/h13-15H,1-12,16H2. The zero-order chi connectivity index (χ0) is 11.9. The van der Waals surface area contributed by atoms with Crippen LogP contribution in [0, 0.1) is 17.8 Å². The lowest BCUT2D eigenvalue weighted by atomic mass is 9.88. The minimum atomic E-state index is 0.845. The molecule has 0 aromatic rings. The Morgan fingerprint density at radius 1 is 0.882 bits per heavy atom. The molecule has 2 unspecified atom stereocenters. The van der Waals surface area contributed by atoms with Crippen LogP contribution in [0.25, 0.3) is 0 Å². The summed E-state index contributed by atoms with van der Waals surface area (Å²) in [6.45, 7) is 2.93. The molecule has 100 valence electrons. The minimum absolute atomic E-state index is 0.845. The van der Waals surface area contributed by atoms with Gasteiger partial charge in [0.15, 0.2) is 0 Å². The van der Waals surface area contributed by atoms with Crippen molar-refractivity contribution in [1.29, 1.82) is 0 Å². The number of unbranched alkanes of at least 4 members (excludes halogenated alkanes) is 1. The maximum atomic E-state index is 5.83. The predicted octanol–water partition coefficient (Wildman–Crippen LogP) is 3.35. The average Bonchev–Trinajstić information content (AvgIpc) is 2.83. The molecule has 2 nitrogen and oxygen atoms in total. The van der Waals surface area contributed by atoms with E-state index in [-0.39, 0.29) is 0 Å². The molecule has 2 N–H and O–H groups in total. The molecule has 1 aliphatic carbocycles. The number of hydrogen-bond acceptors (Lipinski definition) is 2. The Labute approximate surface area is 106 Å². The first kappa shape index (κ1) is 13.4. The lowest BCUT2D eigenvalue weighted by Gasteiger charge is -2.22. The van der Waals surface area contributed by atoms with E-state index >= 15 is 0 Å². The molecule has 0 spiro atoms. The van der Waals surface area contributed by atoms with E-state index in [9.17, 15) is 0 Å². The first-order chi connectivity index (χ1) is 8.40. The van der Waals surface area contributed by atoms with Gasteiger partial charge in [-0.15, -0.1) is 0 Å². The molecular formula is C15H29NO. The molecule has 0 aromatic heterocycles. The first-order valence-corrected chi connectivity index (χ1v) is 7.68. The van der Waals surface area contributed by atoms with Gasteiger partial charge in [-0.1, -0.05) is 38.5 Å². The summed E-state index contributed by atoms with van der Waals surface area (Å²) < 4.78 is 5.40. The molecular weight excluding hydrogens is 210 g/mol. The summed E-state index contributed by atoms with van der Waals surface area (Å²) in [6.07, 6.45) is 12.6. The molecule has 0 radical (unpaired) electrons. The van der Waals surface area contributed by atoms with Crippen molar-refractivity contribution >= 4 is 0 Å². The number of rotatable bonds is 6. The summed E-state index contributed by atoms with van der Waals surface area (Å²) in [6, 6.07) is 0. The second kappa shape index (κ2) is 7.38. The number of nitrogens with two attached hydrogens (primary N) is 1. The third-order valence-corrected chi connectivity index (χ3v) is 4.90. The second-order valence-corrected chi connectivity index (χ2v) is 6.03. The van der Waals surface area contributed by atoms with E-state index in [1.54, 1.807) is 0 Å². The second-order valence-electron chi connectivity index (χ2n) is 6.03. The van der Waals surface area contributed by atoms with Gasteiger partial charge in [0.05, 0.1) is 0 Å². The van der Waals surface area contributed by atoms with Crippen LogP contribution in [0.1, 0.15) is 57.8 Å². The van der Waals surface area contributed by atoms with E-state index in [1.807, 2.05) is 0 Å². The van der Waals surface area contributed by atoms with E-state index in [4.69, 9.17) is 10.5 Å². The fourth-order valence-electron chi connectivity index (χ4n) is 3.68. The molecule has 2 fully saturated rings. The van der Waals surface area contributed by atoms with Crippen LogP contribution in [0.15, 0.2) is 0 Å². The Balaban J connectivity index is 1.53. The van der Waals surface area contributed by atoms with Crippen LogP contribution in [0.5, 0.6) is 0 Å². The zero-order valence-corrected chi connectivity index (χ0v) is 11.2. The van der Waals surface area contributed by atoms with Crippen molar-refractivity contribution in [2.24, 2.45) is 23.5 Å². The summed E-state index contributed by atoms with van der Waals surface area (Å²) in [5, 5.41) is 0. The van der Waals surface area contributed by atoms with Crippen LogP contribution in [0.3, 0.4) is 0 Å². The van der Waals surface area contributed by atoms with Gasteiger partial charge in [0.25, 0.3) is 0 Å². The maximum Gasteiger partial charge on any atom is 0.0468 e. The Morgan fingerprint density at radius 2 is 1.59 bits per heavy atom. The van der Waals surface area contributed by atoms with Crippen molar-refractivity contribution in [2.45, 2.75) is 57.8 Å². The topological polar surface area (TPSA) is 35.2 Å². The van der Waals surface area contributed by atoms with Crippen molar-refractivity contribution in [3.8, 4) is 0 Å². The lowest BCUT2D eigenvalue weighted by molar-refractivity contribution is 0.0629. The molecule has 0 aromatic carbocycles. The van der Waals surface area contributed by atoms with Gasteiger partial charge >= 0.3 is 0 Å². The summed E-state index contributed by atoms with van der Waals surface area (Å²) in [4.78, 5) is 0. The van der Waals surface area contributed by atoms with Gasteiger partial charge in [0.2, 0.25) is 0 Å². The molecule has 1 aliphatic heterocycles. The summed E-state index contributed by atoms with van der Waals surface area (Å²) >= 11 is 0. The smallest absolute Gasteiger partial charge is 0.0468 e. The van der Waals surface area contributed by atoms with Crippen LogP contribution in [0.2, 0.25) is 0 Å². The molecule has 1 saturated carbocycles. The van der Waals surface area contributed by atoms with Crippen molar-refractivity contribution in [3.63, 3.8) is 0 Å². The molecule has 2 heteroatoms. The first-order valence-electron chi connectivity index (χ1n) is 7.68. The molecule has 2 atom stereocenters. The third-order valence-electron chi connectivity index (χ3n) is 4.90. The van der Waals surface area contributed by atoms with E-state index in [2.05, 4.69) is 0 Å². The fraction of sp³-hybridized carbons (Fsp3) is 1.00. The maximum absolute atomic E-state index is 5.83. The van der Waals surface area contributed by atoms with Crippen molar-refractivity contribution < 1.29 is 4.74 Å².